The maximum Gasteiger partial charge on any atom is 0.248 e. The van der Waals surface area contributed by atoms with Gasteiger partial charge in [0.1, 0.15) is 0 Å². The van der Waals surface area contributed by atoms with E-state index in [1.807, 2.05) is 48.5 Å². The molecule has 4 aromatic rings. The molecule has 0 radical (unpaired) electrons. The summed E-state index contributed by atoms with van der Waals surface area (Å²) in [6, 6.07) is 25.5. The molecule has 0 heterocycles. The van der Waals surface area contributed by atoms with Crippen LogP contribution in [0.2, 0.25) is 20.1 Å². The van der Waals surface area contributed by atoms with E-state index in [2.05, 4.69) is 10.6 Å². The number of hydrogen-bond acceptors (Lipinski definition) is 2. The highest BCUT2D eigenvalue weighted by atomic mass is 35.5. The zero-order valence-electron chi connectivity index (χ0n) is 20.4. The van der Waals surface area contributed by atoms with E-state index in [9.17, 15) is 9.59 Å². The molecule has 0 saturated carbocycles. The predicted molar refractivity (Wildman–Crippen MR) is 164 cm³/mol. The first-order valence-electron chi connectivity index (χ1n) is 11.8. The predicted octanol–water partition coefficient (Wildman–Crippen LogP) is 9.19. The van der Waals surface area contributed by atoms with E-state index >= 15 is 0 Å². The van der Waals surface area contributed by atoms with Gasteiger partial charge in [0.05, 0.1) is 0 Å². The summed E-state index contributed by atoms with van der Waals surface area (Å²) in [4.78, 5) is 24.6. The maximum absolute atomic E-state index is 12.3. The van der Waals surface area contributed by atoms with Crippen molar-refractivity contribution in [2.24, 2.45) is 0 Å². The first-order valence-corrected chi connectivity index (χ1v) is 13.3. The Labute approximate surface area is 246 Å². The van der Waals surface area contributed by atoms with Gasteiger partial charge in [-0.25, -0.2) is 0 Å². The SMILES string of the molecule is O=C(C=Cc1c(Cl)cccc1Cl)Nc1ccc(Cc2ccc(NC(=O)C=Cc3c(Cl)cccc3Cl)cc2)cc1. The van der Waals surface area contributed by atoms with Gasteiger partial charge >= 0.3 is 0 Å². The van der Waals surface area contributed by atoms with E-state index in [0.717, 1.165) is 11.1 Å². The molecule has 39 heavy (non-hydrogen) atoms. The number of carbonyl (C=O) groups excluding carboxylic acids is 2. The summed E-state index contributed by atoms with van der Waals surface area (Å²) >= 11 is 24.5. The van der Waals surface area contributed by atoms with Crippen LogP contribution in [-0.2, 0) is 16.0 Å². The normalized spacial score (nSPS) is 11.2. The molecule has 2 N–H and O–H groups in total. The number of nitrogens with one attached hydrogen (secondary N) is 2. The van der Waals surface area contributed by atoms with E-state index in [1.54, 1.807) is 48.6 Å². The fourth-order valence-electron chi connectivity index (χ4n) is 3.67. The molecule has 0 aliphatic carbocycles. The molecule has 196 valence electrons. The average Bonchev–Trinajstić information content (AvgIpc) is 2.90. The first-order chi connectivity index (χ1) is 18.8. The van der Waals surface area contributed by atoms with Gasteiger partial charge in [-0.1, -0.05) is 82.8 Å². The number of carbonyl (C=O) groups is 2. The van der Waals surface area contributed by atoms with Crippen molar-refractivity contribution >= 4 is 81.7 Å². The quantitative estimate of drug-likeness (QED) is 0.199. The molecule has 0 bridgehead atoms. The molecular formula is C31H22Cl4N2O2. The van der Waals surface area contributed by atoms with Crippen LogP contribution in [0.1, 0.15) is 22.3 Å². The molecule has 4 aromatic carbocycles. The Morgan fingerprint density at radius 2 is 0.872 bits per heavy atom. The van der Waals surface area contributed by atoms with E-state index < -0.39 is 0 Å². The third-order valence-corrected chi connectivity index (χ3v) is 6.97. The summed E-state index contributed by atoms with van der Waals surface area (Å²) in [6.45, 7) is 0. The molecule has 0 atom stereocenters. The lowest BCUT2D eigenvalue weighted by Gasteiger charge is -2.07. The number of hydrogen-bond donors (Lipinski definition) is 2. The Hall–Kier alpha value is -3.54. The van der Waals surface area contributed by atoms with Crippen molar-refractivity contribution in [3.05, 3.63) is 139 Å². The zero-order valence-corrected chi connectivity index (χ0v) is 23.5. The van der Waals surface area contributed by atoms with Crippen LogP contribution in [0.25, 0.3) is 12.2 Å². The topological polar surface area (TPSA) is 58.2 Å². The van der Waals surface area contributed by atoms with Crippen molar-refractivity contribution in [2.75, 3.05) is 10.6 Å². The van der Waals surface area contributed by atoms with Gasteiger partial charge in [0.15, 0.2) is 0 Å². The molecule has 4 rings (SSSR count). The van der Waals surface area contributed by atoms with Crippen LogP contribution in [0.4, 0.5) is 11.4 Å². The summed E-state index contributed by atoms with van der Waals surface area (Å²) in [6.07, 6.45) is 6.65. The Balaban J connectivity index is 1.29. The molecule has 4 nitrogen and oxygen atoms in total. The third-order valence-electron chi connectivity index (χ3n) is 5.65. The molecular weight excluding hydrogens is 574 g/mol. The van der Waals surface area contributed by atoms with Gasteiger partial charge in [-0.05, 0) is 78.2 Å². The van der Waals surface area contributed by atoms with Crippen LogP contribution in [0.3, 0.4) is 0 Å². The average molecular weight is 596 g/mol. The fraction of sp³-hybridized carbons (Fsp3) is 0.0323. The molecule has 0 unspecified atom stereocenters. The van der Waals surface area contributed by atoms with Gasteiger partial charge in [0.2, 0.25) is 11.8 Å². The van der Waals surface area contributed by atoms with Crippen molar-refractivity contribution in [1.29, 1.82) is 0 Å². The van der Waals surface area contributed by atoms with Crippen molar-refractivity contribution in [1.82, 2.24) is 0 Å². The van der Waals surface area contributed by atoms with Gasteiger partial charge in [-0.15, -0.1) is 0 Å². The lowest BCUT2D eigenvalue weighted by atomic mass is 10.0. The van der Waals surface area contributed by atoms with Gasteiger partial charge in [0.25, 0.3) is 0 Å². The molecule has 0 fully saturated rings. The van der Waals surface area contributed by atoms with Crippen LogP contribution in [0, 0.1) is 0 Å². The van der Waals surface area contributed by atoms with E-state index in [0.29, 0.717) is 49.0 Å². The van der Waals surface area contributed by atoms with Crippen LogP contribution in [0.5, 0.6) is 0 Å². The second-order valence-corrected chi connectivity index (χ2v) is 10.1. The highest BCUT2D eigenvalue weighted by Crippen LogP contribution is 2.26. The Morgan fingerprint density at radius 3 is 1.21 bits per heavy atom. The lowest BCUT2D eigenvalue weighted by molar-refractivity contribution is -0.112. The minimum atomic E-state index is -0.291. The number of rotatable bonds is 8. The van der Waals surface area contributed by atoms with Crippen LogP contribution in [-0.4, -0.2) is 11.8 Å². The fourth-order valence-corrected chi connectivity index (χ4v) is 4.72. The Morgan fingerprint density at radius 1 is 0.538 bits per heavy atom. The molecule has 0 saturated heterocycles. The maximum atomic E-state index is 12.3. The molecule has 0 aliphatic heterocycles. The smallest absolute Gasteiger partial charge is 0.248 e. The molecule has 0 aromatic heterocycles. The van der Waals surface area contributed by atoms with Crippen LogP contribution in [0.15, 0.2) is 97.1 Å². The lowest BCUT2D eigenvalue weighted by Crippen LogP contribution is -2.08. The Kier molecular flexibility index (Phi) is 9.85. The molecule has 2 amide bonds. The third kappa shape index (κ3) is 8.22. The number of anilines is 2. The summed E-state index contributed by atoms with van der Waals surface area (Å²) < 4.78 is 0. The molecule has 0 spiro atoms. The summed E-state index contributed by atoms with van der Waals surface area (Å²) in [5, 5.41) is 7.54. The number of benzene rings is 4. The number of halogens is 4. The van der Waals surface area contributed by atoms with Crippen molar-refractivity contribution < 1.29 is 9.59 Å². The summed E-state index contributed by atoms with van der Waals surface area (Å²) in [5.41, 5.74) is 4.67. The second-order valence-electron chi connectivity index (χ2n) is 8.49. The van der Waals surface area contributed by atoms with Gasteiger partial charge in [0, 0.05) is 54.7 Å². The van der Waals surface area contributed by atoms with Crippen molar-refractivity contribution in [3.63, 3.8) is 0 Å². The number of amides is 2. The monoisotopic (exact) mass is 594 g/mol. The largest absolute Gasteiger partial charge is 0.323 e. The molecule has 0 aliphatic rings. The minimum absolute atomic E-state index is 0.291. The first kappa shape index (κ1) is 28.5. The molecule has 8 heteroatoms. The van der Waals surface area contributed by atoms with Crippen molar-refractivity contribution in [3.8, 4) is 0 Å². The Bertz CT molecular complexity index is 1390. The van der Waals surface area contributed by atoms with E-state index in [-0.39, 0.29) is 11.8 Å². The summed E-state index contributed by atoms with van der Waals surface area (Å²) in [7, 11) is 0. The van der Waals surface area contributed by atoms with Crippen LogP contribution >= 0.6 is 46.4 Å². The standard InChI is InChI=1S/C31H22Cl4N2O2/c32-26-3-1-4-27(33)24(26)15-17-30(38)36-22-11-7-20(8-12-22)19-21-9-13-23(14-10-21)37-31(39)18-16-25-28(34)5-2-6-29(25)35/h1-18H,19H2,(H,36,38)(H,37,39). The van der Waals surface area contributed by atoms with E-state index in [1.165, 1.54) is 12.2 Å². The van der Waals surface area contributed by atoms with Crippen molar-refractivity contribution in [2.45, 2.75) is 6.42 Å². The van der Waals surface area contributed by atoms with Gasteiger partial charge in [-0.2, -0.15) is 0 Å². The van der Waals surface area contributed by atoms with Gasteiger partial charge in [-0.3, -0.25) is 9.59 Å². The summed E-state index contributed by atoms with van der Waals surface area (Å²) in [5.74, 6) is -0.581. The van der Waals surface area contributed by atoms with E-state index in [4.69, 9.17) is 46.4 Å². The second kappa shape index (κ2) is 13.5. The van der Waals surface area contributed by atoms with Gasteiger partial charge < -0.3 is 10.6 Å². The zero-order chi connectivity index (χ0) is 27.8. The highest BCUT2D eigenvalue weighted by Gasteiger charge is 2.06. The minimum Gasteiger partial charge on any atom is -0.323 e. The highest BCUT2D eigenvalue weighted by molar-refractivity contribution is 6.37. The van der Waals surface area contributed by atoms with Crippen LogP contribution < -0.4 is 10.6 Å².